The van der Waals surface area contributed by atoms with Crippen molar-refractivity contribution < 1.29 is 4.74 Å². The number of rotatable bonds is 4. The second-order valence-electron chi connectivity index (χ2n) is 3.05. The minimum atomic E-state index is 0.716. The molecule has 0 aliphatic carbocycles. The Balaban J connectivity index is 2.78. The van der Waals surface area contributed by atoms with Crippen molar-refractivity contribution in [1.82, 2.24) is 0 Å². The van der Waals surface area contributed by atoms with E-state index >= 15 is 0 Å². The summed E-state index contributed by atoms with van der Waals surface area (Å²) in [5, 5.41) is 3.26. The van der Waals surface area contributed by atoms with Crippen LogP contribution in [0.1, 0.15) is 5.56 Å². The maximum atomic E-state index is 5.14. The molecule has 0 radical (unpaired) electrons. The molecule has 1 N–H and O–H groups in total. The monoisotopic (exact) mass is 255 g/mol. The van der Waals surface area contributed by atoms with Gasteiger partial charge < -0.3 is 10.1 Å². The Kier molecular flexibility index (Phi) is 4.01. The summed E-state index contributed by atoms with van der Waals surface area (Å²) < 4.78 is 6.07. The van der Waals surface area contributed by atoms with Gasteiger partial charge in [0.1, 0.15) is 5.75 Å². The lowest BCUT2D eigenvalue weighted by molar-refractivity contribution is 0.415. The van der Waals surface area contributed by atoms with Gasteiger partial charge in [0, 0.05) is 22.8 Å². The van der Waals surface area contributed by atoms with Crippen molar-refractivity contribution in [1.29, 1.82) is 0 Å². The number of methoxy groups -OCH3 is 1. The highest BCUT2D eigenvalue weighted by Crippen LogP contribution is 2.22. The van der Waals surface area contributed by atoms with E-state index in [1.165, 1.54) is 5.56 Å². The third-order valence-corrected chi connectivity index (χ3v) is 2.20. The van der Waals surface area contributed by atoms with Crippen LogP contribution < -0.4 is 10.1 Å². The van der Waals surface area contributed by atoms with Gasteiger partial charge in [0.25, 0.3) is 0 Å². The van der Waals surface area contributed by atoms with E-state index in [0.717, 1.165) is 15.9 Å². The Hall–Kier alpha value is -0.960. The predicted molar refractivity (Wildman–Crippen MR) is 64.3 cm³/mol. The SMILES string of the molecule is C=C(Br)CNc1cc(OC)ccc1C. The molecular formula is C11H14BrNO. The number of aryl methyl sites for hydroxylation is 1. The molecule has 0 aromatic heterocycles. The van der Waals surface area contributed by atoms with E-state index in [0.29, 0.717) is 6.54 Å². The molecule has 0 aliphatic heterocycles. The molecule has 0 bridgehead atoms. The summed E-state index contributed by atoms with van der Waals surface area (Å²) in [5.74, 6) is 0.860. The van der Waals surface area contributed by atoms with E-state index in [4.69, 9.17) is 4.74 Å². The molecule has 0 spiro atoms. The lowest BCUT2D eigenvalue weighted by atomic mass is 10.2. The molecule has 1 rings (SSSR count). The first-order chi connectivity index (χ1) is 6.63. The van der Waals surface area contributed by atoms with Gasteiger partial charge in [0.15, 0.2) is 0 Å². The number of benzene rings is 1. The van der Waals surface area contributed by atoms with Gasteiger partial charge in [-0.05, 0) is 18.6 Å². The minimum absolute atomic E-state index is 0.716. The first-order valence-corrected chi connectivity index (χ1v) is 5.14. The van der Waals surface area contributed by atoms with E-state index in [1.54, 1.807) is 7.11 Å². The highest BCUT2D eigenvalue weighted by molar-refractivity contribution is 9.11. The Morgan fingerprint density at radius 2 is 2.29 bits per heavy atom. The van der Waals surface area contributed by atoms with Crippen molar-refractivity contribution >= 4 is 21.6 Å². The Morgan fingerprint density at radius 1 is 1.57 bits per heavy atom. The molecule has 1 aromatic carbocycles. The van der Waals surface area contributed by atoms with Crippen molar-refractivity contribution in [2.24, 2.45) is 0 Å². The minimum Gasteiger partial charge on any atom is -0.497 e. The van der Waals surface area contributed by atoms with Crippen LogP contribution in [-0.4, -0.2) is 13.7 Å². The van der Waals surface area contributed by atoms with Crippen molar-refractivity contribution in [3.05, 3.63) is 34.8 Å². The second kappa shape index (κ2) is 5.05. The third-order valence-electron chi connectivity index (χ3n) is 1.92. The highest BCUT2D eigenvalue weighted by Gasteiger charge is 1.99. The molecule has 0 amide bonds. The Labute approximate surface area is 93.1 Å². The van der Waals surface area contributed by atoms with Gasteiger partial charge in [-0.15, -0.1) is 0 Å². The zero-order valence-electron chi connectivity index (χ0n) is 8.43. The van der Waals surface area contributed by atoms with Crippen LogP contribution in [0.2, 0.25) is 0 Å². The fourth-order valence-corrected chi connectivity index (χ4v) is 1.25. The summed E-state index contributed by atoms with van der Waals surface area (Å²) in [6.07, 6.45) is 0. The standard InChI is InChI=1S/C11H14BrNO/c1-8-4-5-10(14-3)6-11(8)13-7-9(2)12/h4-6,13H,2,7H2,1,3H3. The smallest absolute Gasteiger partial charge is 0.120 e. The van der Waals surface area contributed by atoms with Crippen molar-refractivity contribution in [3.8, 4) is 5.75 Å². The molecule has 14 heavy (non-hydrogen) atoms. The van der Waals surface area contributed by atoms with Crippen molar-refractivity contribution in [2.75, 3.05) is 19.0 Å². The molecule has 0 saturated carbocycles. The second-order valence-corrected chi connectivity index (χ2v) is 4.17. The van der Waals surface area contributed by atoms with E-state index in [2.05, 4.69) is 34.7 Å². The summed E-state index contributed by atoms with van der Waals surface area (Å²) >= 11 is 3.30. The zero-order chi connectivity index (χ0) is 10.6. The molecule has 1 aromatic rings. The molecule has 0 unspecified atom stereocenters. The van der Waals surface area contributed by atoms with Gasteiger partial charge >= 0.3 is 0 Å². The molecular weight excluding hydrogens is 242 g/mol. The van der Waals surface area contributed by atoms with Crippen molar-refractivity contribution in [2.45, 2.75) is 6.92 Å². The zero-order valence-corrected chi connectivity index (χ0v) is 10.0. The Bertz CT molecular complexity index is 336. The van der Waals surface area contributed by atoms with Gasteiger partial charge in [-0.25, -0.2) is 0 Å². The normalized spacial score (nSPS) is 9.64. The molecule has 0 aliphatic rings. The summed E-state index contributed by atoms with van der Waals surface area (Å²) in [6.45, 7) is 6.54. The molecule has 2 nitrogen and oxygen atoms in total. The largest absolute Gasteiger partial charge is 0.497 e. The van der Waals surface area contributed by atoms with Crippen LogP contribution in [0.4, 0.5) is 5.69 Å². The third kappa shape index (κ3) is 3.07. The van der Waals surface area contributed by atoms with Crippen LogP contribution in [0, 0.1) is 6.92 Å². The number of nitrogens with one attached hydrogen (secondary N) is 1. The first kappa shape index (κ1) is 11.1. The van der Waals surface area contributed by atoms with Crippen LogP contribution in [-0.2, 0) is 0 Å². The van der Waals surface area contributed by atoms with Gasteiger partial charge in [-0.2, -0.15) is 0 Å². The maximum Gasteiger partial charge on any atom is 0.120 e. The summed E-state index contributed by atoms with van der Waals surface area (Å²) in [5.41, 5.74) is 2.27. The molecule has 0 heterocycles. The molecule has 0 fully saturated rings. The van der Waals surface area contributed by atoms with Crippen LogP contribution in [0.15, 0.2) is 29.3 Å². The highest BCUT2D eigenvalue weighted by atomic mass is 79.9. The van der Waals surface area contributed by atoms with E-state index in [1.807, 2.05) is 18.2 Å². The topological polar surface area (TPSA) is 21.3 Å². The number of anilines is 1. The molecule has 76 valence electrons. The Morgan fingerprint density at radius 3 is 2.86 bits per heavy atom. The summed E-state index contributed by atoms with van der Waals surface area (Å²) in [6, 6.07) is 5.95. The fraction of sp³-hybridized carbons (Fsp3) is 0.273. The molecule has 0 atom stereocenters. The average Bonchev–Trinajstić information content (AvgIpc) is 2.16. The summed E-state index contributed by atoms with van der Waals surface area (Å²) in [7, 11) is 1.66. The number of ether oxygens (including phenoxy) is 1. The molecule has 3 heteroatoms. The van der Waals surface area contributed by atoms with Gasteiger partial charge in [-0.1, -0.05) is 28.6 Å². The van der Waals surface area contributed by atoms with E-state index in [-0.39, 0.29) is 0 Å². The van der Waals surface area contributed by atoms with Crippen LogP contribution in [0.3, 0.4) is 0 Å². The number of halogens is 1. The van der Waals surface area contributed by atoms with E-state index < -0.39 is 0 Å². The van der Waals surface area contributed by atoms with Gasteiger partial charge in [-0.3, -0.25) is 0 Å². The lowest BCUT2D eigenvalue weighted by Crippen LogP contribution is -2.02. The quantitative estimate of drug-likeness (QED) is 0.892. The first-order valence-electron chi connectivity index (χ1n) is 4.35. The average molecular weight is 256 g/mol. The van der Waals surface area contributed by atoms with Crippen LogP contribution in [0.25, 0.3) is 0 Å². The molecule has 0 saturated heterocycles. The van der Waals surface area contributed by atoms with E-state index in [9.17, 15) is 0 Å². The van der Waals surface area contributed by atoms with Gasteiger partial charge in [0.2, 0.25) is 0 Å². The van der Waals surface area contributed by atoms with Crippen LogP contribution >= 0.6 is 15.9 Å². The number of hydrogen-bond donors (Lipinski definition) is 1. The van der Waals surface area contributed by atoms with Crippen LogP contribution in [0.5, 0.6) is 5.75 Å². The predicted octanol–water partition coefficient (Wildman–Crippen LogP) is 3.32. The fourth-order valence-electron chi connectivity index (χ4n) is 1.11. The maximum absolute atomic E-state index is 5.14. The van der Waals surface area contributed by atoms with Gasteiger partial charge in [0.05, 0.1) is 7.11 Å². The lowest BCUT2D eigenvalue weighted by Gasteiger charge is -2.10. The van der Waals surface area contributed by atoms with Crippen molar-refractivity contribution in [3.63, 3.8) is 0 Å². The summed E-state index contributed by atoms with van der Waals surface area (Å²) in [4.78, 5) is 0. The number of hydrogen-bond acceptors (Lipinski definition) is 2.